The van der Waals surface area contributed by atoms with Crippen molar-refractivity contribution in [3.05, 3.63) is 29.8 Å². The molecule has 1 aromatic carbocycles. The number of carbonyl (C=O) groups is 1. The van der Waals surface area contributed by atoms with Crippen molar-refractivity contribution in [2.75, 3.05) is 0 Å². The van der Waals surface area contributed by atoms with E-state index in [2.05, 4.69) is 4.72 Å². The van der Waals surface area contributed by atoms with Crippen LogP contribution in [0, 0.1) is 17.0 Å². The summed E-state index contributed by atoms with van der Waals surface area (Å²) in [5, 5.41) is 9.18. The van der Waals surface area contributed by atoms with E-state index in [1.54, 1.807) is 0 Å². The van der Waals surface area contributed by atoms with E-state index in [0.717, 1.165) is 6.07 Å². The van der Waals surface area contributed by atoms with Gasteiger partial charge in [0.1, 0.15) is 0 Å². The average Bonchev–Trinajstić information content (AvgIpc) is 2.30. The maximum absolute atomic E-state index is 13.1. The molecule has 0 bridgehead atoms. The number of hydrogen-bond donors (Lipinski definition) is 2. The fraction of sp³-hybridized carbons (Fsp3) is 0.462. The standard InChI is InChI=1S/C13H17F2NO4S/c1-12(2,11(17)18)13(3,4)16-21(19,20)8-5-6-9(14)10(15)7-8/h5-7,16H,1-4H3,(H,17,18). The molecule has 0 amide bonds. The van der Waals surface area contributed by atoms with Gasteiger partial charge in [0, 0.05) is 5.54 Å². The van der Waals surface area contributed by atoms with Crippen LogP contribution in [0.5, 0.6) is 0 Å². The molecule has 5 nitrogen and oxygen atoms in total. The summed E-state index contributed by atoms with van der Waals surface area (Å²) in [6, 6.07) is 2.14. The normalized spacial score (nSPS) is 13.2. The van der Waals surface area contributed by atoms with Gasteiger partial charge < -0.3 is 5.11 Å². The fourth-order valence-corrected chi connectivity index (χ4v) is 2.98. The van der Waals surface area contributed by atoms with E-state index >= 15 is 0 Å². The highest BCUT2D eigenvalue weighted by Gasteiger charge is 2.46. The first-order valence-corrected chi connectivity index (χ1v) is 7.52. The Morgan fingerprint density at radius 2 is 1.67 bits per heavy atom. The number of nitrogens with one attached hydrogen (secondary N) is 1. The lowest BCUT2D eigenvalue weighted by Crippen LogP contribution is -2.56. The molecule has 0 aromatic heterocycles. The lowest BCUT2D eigenvalue weighted by atomic mass is 9.75. The third-order valence-electron chi connectivity index (χ3n) is 3.69. The Bertz CT molecular complexity index is 669. The number of aliphatic carboxylic acids is 1. The Morgan fingerprint density at radius 3 is 2.10 bits per heavy atom. The minimum atomic E-state index is -4.19. The number of hydrogen-bond acceptors (Lipinski definition) is 3. The number of halogens is 2. The molecule has 0 spiro atoms. The number of carboxylic acid groups (broad SMARTS) is 1. The molecule has 0 aliphatic carbocycles. The molecule has 0 saturated carbocycles. The summed E-state index contributed by atoms with van der Waals surface area (Å²) in [6.45, 7) is 5.53. The Morgan fingerprint density at radius 1 is 1.14 bits per heavy atom. The van der Waals surface area contributed by atoms with E-state index in [4.69, 9.17) is 0 Å². The molecule has 118 valence electrons. The second-order valence-electron chi connectivity index (χ2n) is 5.74. The SMILES string of the molecule is CC(C)(NS(=O)(=O)c1ccc(F)c(F)c1)C(C)(C)C(=O)O. The first kappa shape index (κ1) is 17.5. The van der Waals surface area contributed by atoms with Gasteiger partial charge in [-0.3, -0.25) is 4.79 Å². The Kier molecular flexibility index (Phi) is 4.45. The fourth-order valence-electron chi connectivity index (χ4n) is 1.43. The number of benzene rings is 1. The minimum Gasteiger partial charge on any atom is -0.481 e. The summed E-state index contributed by atoms with van der Waals surface area (Å²) < 4.78 is 52.6. The van der Waals surface area contributed by atoms with Gasteiger partial charge in [0.2, 0.25) is 10.0 Å². The van der Waals surface area contributed by atoms with Gasteiger partial charge in [-0.2, -0.15) is 0 Å². The van der Waals surface area contributed by atoms with Crippen LogP contribution >= 0.6 is 0 Å². The molecule has 21 heavy (non-hydrogen) atoms. The van der Waals surface area contributed by atoms with Gasteiger partial charge in [0.05, 0.1) is 10.3 Å². The molecule has 8 heteroatoms. The van der Waals surface area contributed by atoms with E-state index in [-0.39, 0.29) is 0 Å². The summed E-state index contributed by atoms with van der Waals surface area (Å²) in [5.74, 6) is -3.66. The van der Waals surface area contributed by atoms with Gasteiger partial charge in [-0.1, -0.05) is 0 Å². The summed E-state index contributed by atoms with van der Waals surface area (Å²) in [7, 11) is -4.19. The van der Waals surface area contributed by atoms with Crippen molar-refractivity contribution >= 4 is 16.0 Å². The van der Waals surface area contributed by atoms with Gasteiger partial charge in [-0.15, -0.1) is 0 Å². The van der Waals surface area contributed by atoms with Crippen LogP contribution in [0.4, 0.5) is 8.78 Å². The van der Waals surface area contributed by atoms with Crippen LogP contribution in [0.25, 0.3) is 0 Å². The molecule has 0 saturated heterocycles. The van der Waals surface area contributed by atoms with Crippen molar-refractivity contribution in [1.82, 2.24) is 4.72 Å². The number of carboxylic acids is 1. The van der Waals surface area contributed by atoms with Crippen molar-refractivity contribution in [3.63, 3.8) is 0 Å². The topological polar surface area (TPSA) is 83.5 Å². The van der Waals surface area contributed by atoms with Crippen LogP contribution in [0.2, 0.25) is 0 Å². The predicted octanol–water partition coefficient (Wildman–Crippen LogP) is 2.13. The summed E-state index contributed by atoms with van der Waals surface area (Å²) in [4.78, 5) is 10.8. The molecule has 1 rings (SSSR count). The summed E-state index contributed by atoms with van der Waals surface area (Å²) >= 11 is 0. The molecule has 0 aliphatic rings. The van der Waals surface area contributed by atoms with Crippen LogP contribution in [-0.4, -0.2) is 25.0 Å². The Labute approximate surface area is 122 Å². The highest BCUT2D eigenvalue weighted by atomic mass is 32.2. The Hall–Kier alpha value is -1.54. The van der Waals surface area contributed by atoms with Crippen LogP contribution < -0.4 is 4.72 Å². The summed E-state index contributed by atoms with van der Waals surface area (Å²) in [6.07, 6.45) is 0. The van der Waals surface area contributed by atoms with Crippen molar-refractivity contribution in [2.24, 2.45) is 5.41 Å². The lowest BCUT2D eigenvalue weighted by Gasteiger charge is -2.38. The van der Waals surface area contributed by atoms with E-state index < -0.39 is 43.5 Å². The Balaban J connectivity index is 3.21. The average molecular weight is 321 g/mol. The quantitative estimate of drug-likeness (QED) is 0.870. The van der Waals surface area contributed by atoms with E-state index in [1.165, 1.54) is 27.7 Å². The van der Waals surface area contributed by atoms with Crippen LogP contribution in [0.15, 0.2) is 23.1 Å². The highest BCUT2D eigenvalue weighted by molar-refractivity contribution is 7.89. The third-order valence-corrected chi connectivity index (χ3v) is 5.34. The van der Waals surface area contributed by atoms with Crippen LogP contribution in [0.1, 0.15) is 27.7 Å². The highest BCUT2D eigenvalue weighted by Crippen LogP contribution is 2.32. The van der Waals surface area contributed by atoms with Crippen molar-refractivity contribution in [3.8, 4) is 0 Å². The molecular formula is C13H17F2NO4S. The van der Waals surface area contributed by atoms with Gasteiger partial charge in [-0.25, -0.2) is 21.9 Å². The predicted molar refractivity (Wildman–Crippen MR) is 72.2 cm³/mol. The molecule has 0 fully saturated rings. The molecule has 1 aromatic rings. The monoisotopic (exact) mass is 321 g/mol. The second-order valence-corrected chi connectivity index (χ2v) is 7.42. The van der Waals surface area contributed by atoms with Gasteiger partial charge in [0.25, 0.3) is 0 Å². The van der Waals surface area contributed by atoms with Crippen molar-refractivity contribution in [2.45, 2.75) is 38.1 Å². The maximum atomic E-state index is 13.1. The molecule has 0 atom stereocenters. The minimum absolute atomic E-state index is 0.476. The number of sulfonamides is 1. The van der Waals surface area contributed by atoms with Gasteiger partial charge in [-0.05, 0) is 45.9 Å². The smallest absolute Gasteiger partial charge is 0.310 e. The molecule has 2 N–H and O–H groups in total. The third kappa shape index (κ3) is 3.38. The first-order valence-electron chi connectivity index (χ1n) is 6.04. The second kappa shape index (κ2) is 5.34. The van der Waals surface area contributed by atoms with E-state index in [9.17, 15) is 27.1 Å². The van der Waals surface area contributed by atoms with Gasteiger partial charge in [0.15, 0.2) is 11.6 Å². The van der Waals surface area contributed by atoms with Gasteiger partial charge >= 0.3 is 5.97 Å². The zero-order valence-corrected chi connectivity index (χ0v) is 12.9. The molecule has 0 heterocycles. The largest absolute Gasteiger partial charge is 0.481 e. The summed E-state index contributed by atoms with van der Waals surface area (Å²) in [5.41, 5.74) is -2.78. The number of rotatable bonds is 5. The van der Waals surface area contributed by atoms with Crippen LogP contribution in [0.3, 0.4) is 0 Å². The maximum Gasteiger partial charge on any atom is 0.310 e. The van der Waals surface area contributed by atoms with Crippen molar-refractivity contribution in [1.29, 1.82) is 0 Å². The van der Waals surface area contributed by atoms with E-state index in [1.807, 2.05) is 0 Å². The molecular weight excluding hydrogens is 304 g/mol. The zero-order valence-electron chi connectivity index (χ0n) is 12.1. The molecule has 0 unspecified atom stereocenters. The molecule has 0 radical (unpaired) electrons. The lowest BCUT2D eigenvalue weighted by molar-refractivity contribution is -0.150. The van der Waals surface area contributed by atoms with Crippen molar-refractivity contribution < 1.29 is 27.1 Å². The van der Waals surface area contributed by atoms with E-state index in [0.29, 0.717) is 12.1 Å². The molecule has 0 aliphatic heterocycles. The zero-order chi connectivity index (χ0) is 16.6. The van der Waals surface area contributed by atoms with Crippen LogP contribution in [-0.2, 0) is 14.8 Å². The first-order chi connectivity index (χ1) is 9.31.